The summed E-state index contributed by atoms with van der Waals surface area (Å²) in [4.78, 5) is 0. The van der Waals surface area contributed by atoms with Gasteiger partial charge in [0.05, 0.1) is 0 Å². The molecule has 1 saturated heterocycles. The lowest BCUT2D eigenvalue weighted by molar-refractivity contribution is 0.388. The molecule has 1 aliphatic heterocycles. The van der Waals surface area contributed by atoms with Crippen LogP contribution in [-0.2, 0) is 16.6 Å². The Morgan fingerprint density at radius 1 is 1.43 bits per heavy atom. The highest BCUT2D eigenvalue weighted by Gasteiger charge is 2.35. The van der Waals surface area contributed by atoms with Crippen molar-refractivity contribution in [3.63, 3.8) is 0 Å². The average molecular weight is 349 g/mol. The molecule has 1 aromatic heterocycles. The van der Waals surface area contributed by atoms with Crippen LogP contribution >= 0.6 is 23.1 Å². The Morgan fingerprint density at radius 2 is 2.14 bits per heavy atom. The van der Waals surface area contributed by atoms with Gasteiger partial charge in [-0.1, -0.05) is 13.8 Å². The van der Waals surface area contributed by atoms with Crippen LogP contribution < -0.4 is 5.32 Å². The summed E-state index contributed by atoms with van der Waals surface area (Å²) in [5.74, 6) is 0.860. The first-order valence-corrected chi connectivity index (χ1v) is 10.5. The largest absolute Gasteiger partial charge is 0.310 e. The third kappa shape index (κ3) is 4.45. The number of thioether (sulfide) groups is 1. The highest BCUT2D eigenvalue weighted by atomic mass is 32.2. The maximum absolute atomic E-state index is 12.7. The van der Waals surface area contributed by atoms with Gasteiger partial charge >= 0.3 is 0 Å². The predicted molar refractivity (Wildman–Crippen MR) is 91.6 cm³/mol. The van der Waals surface area contributed by atoms with Crippen molar-refractivity contribution in [3.8, 4) is 0 Å². The maximum atomic E-state index is 12.7. The Kier molecular flexibility index (Phi) is 5.41. The van der Waals surface area contributed by atoms with Gasteiger partial charge < -0.3 is 5.32 Å². The summed E-state index contributed by atoms with van der Waals surface area (Å²) in [6, 6.07) is 2.20. The molecule has 0 saturated carbocycles. The lowest BCUT2D eigenvalue weighted by atomic mass is 10.2. The van der Waals surface area contributed by atoms with Gasteiger partial charge in [-0.2, -0.15) is 16.1 Å². The topological polar surface area (TPSA) is 49.4 Å². The van der Waals surface area contributed by atoms with E-state index in [9.17, 15) is 8.42 Å². The van der Waals surface area contributed by atoms with Crippen LogP contribution in [-0.4, -0.2) is 42.4 Å². The molecular weight excluding hydrogens is 324 g/mol. The number of rotatable bonds is 5. The van der Waals surface area contributed by atoms with E-state index in [0.29, 0.717) is 29.9 Å². The molecule has 1 aliphatic rings. The van der Waals surface area contributed by atoms with E-state index in [1.54, 1.807) is 4.31 Å². The van der Waals surface area contributed by atoms with E-state index in [0.717, 1.165) is 11.3 Å². The summed E-state index contributed by atoms with van der Waals surface area (Å²) in [5, 5.41) is 5.25. The lowest BCUT2D eigenvalue weighted by Gasteiger charge is -2.36. The van der Waals surface area contributed by atoms with E-state index in [-0.39, 0.29) is 4.75 Å². The normalized spacial score (nSPS) is 20.0. The van der Waals surface area contributed by atoms with Gasteiger partial charge in [-0.15, -0.1) is 11.3 Å². The highest BCUT2D eigenvalue weighted by molar-refractivity contribution is 8.00. The zero-order valence-corrected chi connectivity index (χ0v) is 15.5. The van der Waals surface area contributed by atoms with Crippen molar-refractivity contribution in [2.24, 2.45) is 0 Å². The Hall–Kier alpha value is -0.0800. The van der Waals surface area contributed by atoms with Crippen molar-refractivity contribution in [1.29, 1.82) is 0 Å². The van der Waals surface area contributed by atoms with Crippen molar-refractivity contribution in [2.75, 3.05) is 18.8 Å². The van der Waals surface area contributed by atoms with Crippen LogP contribution in [0.25, 0.3) is 0 Å². The second kappa shape index (κ2) is 6.58. The van der Waals surface area contributed by atoms with Gasteiger partial charge in [-0.25, -0.2) is 8.42 Å². The molecule has 120 valence electrons. The summed E-state index contributed by atoms with van der Waals surface area (Å²) < 4.78 is 27.6. The fourth-order valence-electron chi connectivity index (χ4n) is 2.21. The molecule has 0 aliphatic carbocycles. The van der Waals surface area contributed by atoms with Crippen LogP contribution in [0.15, 0.2) is 15.7 Å². The SMILES string of the molecule is CC(C)NCc1csc(S(=O)(=O)N2CCSC(C)(C)C2)c1. The minimum absolute atomic E-state index is 0.00932. The zero-order valence-electron chi connectivity index (χ0n) is 13.0. The predicted octanol–water partition coefficient (Wildman–Crippen LogP) is 2.76. The molecule has 0 radical (unpaired) electrons. The third-order valence-corrected chi connectivity index (χ3v) is 7.94. The molecule has 0 atom stereocenters. The van der Waals surface area contributed by atoms with E-state index in [2.05, 4.69) is 33.0 Å². The summed E-state index contributed by atoms with van der Waals surface area (Å²) in [5.41, 5.74) is 1.04. The standard InChI is InChI=1S/C14H24N2O2S3/c1-11(2)15-8-12-7-13(19-9-12)21(17,18)16-5-6-20-14(3,4)10-16/h7,9,11,15H,5-6,8,10H2,1-4H3. The van der Waals surface area contributed by atoms with Crippen molar-refractivity contribution in [3.05, 3.63) is 17.0 Å². The molecule has 0 spiro atoms. The Labute approximate surface area is 136 Å². The minimum Gasteiger partial charge on any atom is -0.310 e. The van der Waals surface area contributed by atoms with E-state index in [4.69, 9.17) is 0 Å². The van der Waals surface area contributed by atoms with Crippen LogP contribution in [0.1, 0.15) is 33.3 Å². The van der Waals surface area contributed by atoms with Crippen molar-refractivity contribution < 1.29 is 8.42 Å². The molecule has 1 N–H and O–H groups in total. The van der Waals surface area contributed by atoms with Gasteiger partial charge in [0.1, 0.15) is 4.21 Å². The first-order valence-electron chi connectivity index (χ1n) is 7.16. The van der Waals surface area contributed by atoms with Gasteiger partial charge in [0, 0.05) is 36.2 Å². The molecule has 1 aromatic rings. The van der Waals surface area contributed by atoms with Crippen molar-refractivity contribution in [1.82, 2.24) is 9.62 Å². The quantitative estimate of drug-likeness (QED) is 0.889. The fraction of sp³-hybridized carbons (Fsp3) is 0.714. The molecule has 0 aromatic carbocycles. The number of nitrogens with zero attached hydrogens (tertiary/aromatic N) is 1. The van der Waals surface area contributed by atoms with E-state index >= 15 is 0 Å². The van der Waals surface area contributed by atoms with Crippen LogP contribution in [0.3, 0.4) is 0 Å². The van der Waals surface area contributed by atoms with Gasteiger partial charge in [0.25, 0.3) is 10.0 Å². The molecule has 7 heteroatoms. The van der Waals surface area contributed by atoms with Crippen LogP contribution in [0.4, 0.5) is 0 Å². The number of sulfonamides is 1. The van der Waals surface area contributed by atoms with Crippen LogP contribution in [0, 0.1) is 0 Å². The van der Waals surface area contributed by atoms with Crippen LogP contribution in [0.2, 0.25) is 0 Å². The molecule has 2 heterocycles. The summed E-state index contributed by atoms with van der Waals surface area (Å²) in [6.45, 7) is 10.3. The first kappa shape index (κ1) is 17.3. The third-order valence-electron chi connectivity index (χ3n) is 3.33. The van der Waals surface area contributed by atoms with Crippen LogP contribution in [0.5, 0.6) is 0 Å². The molecule has 21 heavy (non-hydrogen) atoms. The molecule has 1 fully saturated rings. The van der Waals surface area contributed by atoms with E-state index in [1.165, 1.54) is 11.3 Å². The zero-order chi connectivity index (χ0) is 15.7. The molecule has 0 unspecified atom stereocenters. The van der Waals surface area contributed by atoms with Gasteiger partial charge in [0.15, 0.2) is 0 Å². The number of nitrogens with one attached hydrogen (secondary N) is 1. The average Bonchev–Trinajstić information content (AvgIpc) is 2.84. The molecule has 0 amide bonds. The van der Waals surface area contributed by atoms with Crippen molar-refractivity contribution >= 4 is 33.1 Å². The summed E-state index contributed by atoms with van der Waals surface area (Å²) in [6.07, 6.45) is 0. The fourth-order valence-corrected chi connectivity index (χ4v) is 6.48. The Morgan fingerprint density at radius 3 is 2.76 bits per heavy atom. The maximum Gasteiger partial charge on any atom is 0.252 e. The summed E-state index contributed by atoms with van der Waals surface area (Å²) >= 11 is 3.16. The lowest BCUT2D eigenvalue weighted by Crippen LogP contribution is -2.45. The summed E-state index contributed by atoms with van der Waals surface area (Å²) in [7, 11) is -3.34. The number of hydrogen-bond donors (Lipinski definition) is 1. The Bertz CT molecular complexity index is 579. The second-order valence-electron chi connectivity index (χ2n) is 6.26. The smallest absolute Gasteiger partial charge is 0.252 e. The number of hydrogen-bond acceptors (Lipinski definition) is 5. The second-order valence-corrected chi connectivity index (χ2v) is 11.1. The van der Waals surface area contributed by atoms with Gasteiger partial charge in [-0.3, -0.25) is 0 Å². The van der Waals surface area contributed by atoms with E-state index < -0.39 is 10.0 Å². The van der Waals surface area contributed by atoms with E-state index in [1.807, 2.05) is 23.2 Å². The van der Waals surface area contributed by atoms with Crippen molar-refractivity contribution in [2.45, 2.75) is 49.2 Å². The number of thiophene rings is 1. The Balaban J connectivity index is 2.12. The van der Waals surface area contributed by atoms with Gasteiger partial charge in [-0.05, 0) is 30.9 Å². The molecule has 2 rings (SSSR count). The molecule has 0 bridgehead atoms. The molecule has 4 nitrogen and oxygen atoms in total. The first-order chi connectivity index (χ1) is 9.71. The van der Waals surface area contributed by atoms with Gasteiger partial charge in [0.2, 0.25) is 0 Å². The monoisotopic (exact) mass is 348 g/mol. The minimum atomic E-state index is -3.34. The highest BCUT2D eigenvalue weighted by Crippen LogP contribution is 2.33. The molecular formula is C14H24N2O2S3.